The number of anilines is 3. The maximum absolute atomic E-state index is 14.1. The predicted octanol–water partition coefficient (Wildman–Crippen LogP) is 8.88. The van der Waals surface area contributed by atoms with E-state index in [-0.39, 0.29) is 53.2 Å². The summed E-state index contributed by atoms with van der Waals surface area (Å²) in [5.74, 6) is -10.2. The third-order valence-corrected chi connectivity index (χ3v) is 16.5. The van der Waals surface area contributed by atoms with Crippen molar-refractivity contribution in [3.63, 3.8) is 0 Å². The van der Waals surface area contributed by atoms with Gasteiger partial charge in [0.1, 0.15) is 0 Å². The lowest BCUT2D eigenvalue weighted by atomic mass is 9.76. The van der Waals surface area contributed by atoms with Crippen LogP contribution in [-0.4, -0.2) is 91.8 Å². The van der Waals surface area contributed by atoms with E-state index in [1.54, 1.807) is 26.0 Å². The Kier molecular flexibility index (Phi) is 16.1. The zero-order valence-corrected chi connectivity index (χ0v) is 45.0. The molecule has 80 heavy (non-hydrogen) atoms. The number of sulfone groups is 2. The SMILES string of the molecule is CNC(=O)c1cc(C(=O)Nc2cccc(S(=O)(=O)c3cccc(NC(=O)c4cc(C(C)(C)c5ccc(C(=O)O)c(C(=O)Nc6cccc(S(=O)(=O)c7cccc(C(C)(C)C)c7)c6)c5)ccc4C(=O)O)c3)c2)c(C(=O)O)cc1C(=O)O. The standard InChI is InChI=1S/C58H50N4O16S2/c1-57(2,3)31-11-7-15-37(23-31)79(75,76)38-16-8-12-34(26-38)60-50(64)43-24-32(19-21-41(43)53(67)68)58(4,5)33-20-22-42(54(69)70)44(25-33)51(65)61-35-13-9-17-39(27-35)80(77,78)40-18-10-14-36(28-40)62-52(66)46-29-45(49(63)59-6)47(55(71)72)30-48(46)56(73)74/h7-30H,1-6H3,(H,59,63)(H,60,64)(H,61,65)(H,62,66)(H,67,68)(H,69,70)(H,71,72)(H,73,74). The summed E-state index contributed by atoms with van der Waals surface area (Å²) in [7, 11) is -7.36. The highest BCUT2D eigenvalue weighted by Gasteiger charge is 2.31. The fourth-order valence-electron chi connectivity index (χ4n) is 8.47. The molecule has 410 valence electrons. The number of aromatic carboxylic acids is 4. The van der Waals surface area contributed by atoms with Crippen molar-refractivity contribution in [1.82, 2.24) is 5.32 Å². The fourth-order valence-corrected chi connectivity index (χ4v) is 11.2. The molecule has 7 rings (SSSR count). The lowest BCUT2D eigenvalue weighted by molar-refractivity contribution is 0.0677. The molecule has 0 aromatic heterocycles. The van der Waals surface area contributed by atoms with E-state index in [0.29, 0.717) is 17.2 Å². The minimum Gasteiger partial charge on any atom is -0.478 e. The number of benzene rings is 7. The van der Waals surface area contributed by atoms with Crippen LogP contribution in [0.2, 0.25) is 0 Å². The van der Waals surface area contributed by atoms with E-state index in [2.05, 4.69) is 21.3 Å². The van der Waals surface area contributed by atoms with Crippen molar-refractivity contribution >= 4 is 84.2 Å². The van der Waals surface area contributed by atoms with Gasteiger partial charge in [0.15, 0.2) is 0 Å². The molecule has 20 nitrogen and oxygen atoms in total. The van der Waals surface area contributed by atoms with Crippen LogP contribution in [0, 0.1) is 0 Å². The molecule has 0 fully saturated rings. The first-order valence-electron chi connectivity index (χ1n) is 23.9. The Labute approximate surface area is 458 Å². The number of carboxylic acid groups (broad SMARTS) is 4. The topological polar surface area (TPSA) is 334 Å². The average molecular weight is 1120 g/mol. The monoisotopic (exact) mass is 1120 g/mol. The van der Waals surface area contributed by atoms with Crippen LogP contribution in [0.15, 0.2) is 165 Å². The van der Waals surface area contributed by atoms with Crippen molar-refractivity contribution < 1.29 is 75.6 Å². The first kappa shape index (κ1) is 57.9. The maximum atomic E-state index is 14.1. The van der Waals surface area contributed by atoms with Gasteiger partial charge in [0.05, 0.1) is 64.1 Å². The van der Waals surface area contributed by atoms with Gasteiger partial charge in [0, 0.05) is 29.5 Å². The molecule has 0 radical (unpaired) electrons. The molecule has 0 atom stereocenters. The second-order valence-corrected chi connectivity index (χ2v) is 23.5. The van der Waals surface area contributed by atoms with Crippen molar-refractivity contribution in [1.29, 1.82) is 0 Å². The molecule has 0 aliphatic rings. The van der Waals surface area contributed by atoms with Gasteiger partial charge in [-0.2, -0.15) is 0 Å². The van der Waals surface area contributed by atoms with Crippen LogP contribution in [-0.2, 0) is 30.5 Å². The molecular formula is C58H50N4O16S2. The van der Waals surface area contributed by atoms with E-state index in [1.807, 2.05) is 26.8 Å². The Balaban J connectivity index is 1.14. The average Bonchev–Trinajstić information content (AvgIpc) is 3.41. The summed E-state index contributed by atoms with van der Waals surface area (Å²) in [6, 6.07) is 31.0. The highest BCUT2D eigenvalue weighted by molar-refractivity contribution is 7.91. The summed E-state index contributed by atoms with van der Waals surface area (Å²) in [4.78, 5) is 102. The van der Waals surface area contributed by atoms with E-state index in [0.717, 1.165) is 23.8 Å². The second kappa shape index (κ2) is 22.3. The minimum atomic E-state index is -4.48. The second-order valence-electron chi connectivity index (χ2n) is 19.6. The highest BCUT2D eigenvalue weighted by atomic mass is 32.2. The van der Waals surface area contributed by atoms with Crippen LogP contribution >= 0.6 is 0 Å². The third-order valence-electron chi connectivity index (χ3n) is 13.0. The van der Waals surface area contributed by atoms with Gasteiger partial charge >= 0.3 is 23.9 Å². The van der Waals surface area contributed by atoms with Gasteiger partial charge in [-0.1, -0.05) is 77.1 Å². The smallest absolute Gasteiger partial charge is 0.336 e. The van der Waals surface area contributed by atoms with Gasteiger partial charge < -0.3 is 41.7 Å². The van der Waals surface area contributed by atoms with Crippen molar-refractivity contribution in [2.24, 2.45) is 0 Å². The molecule has 22 heteroatoms. The van der Waals surface area contributed by atoms with Gasteiger partial charge in [-0.25, -0.2) is 36.0 Å². The van der Waals surface area contributed by atoms with E-state index in [1.165, 1.54) is 110 Å². The first-order chi connectivity index (χ1) is 37.4. The molecule has 0 saturated heterocycles. The van der Waals surface area contributed by atoms with Crippen LogP contribution in [0.5, 0.6) is 0 Å². The Bertz CT molecular complexity index is 4010. The van der Waals surface area contributed by atoms with E-state index in [9.17, 15) is 75.6 Å². The van der Waals surface area contributed by atoms with Crippen molar-refractivity contribution in [2.75, 3.05) is 23.0 Å². The van der Waals surface area contributed by atoms with E-state index < -0.39 is 106 Å². The molecule has 7 aromatic carbocycles. The number of amides is 4. The number of carboxylic acids is 4. The van der Waals surface area contributed by atoms with Crippen LogP contribution in [0.25, 0.3) is 0 Å². The maximum Gasteiger partial charge on any atom is 0.336 e. The fraction of sp³-hybridized carbons (Fsp3) is 0.138. The number of nitrogens with one attached hydrogen (secondary N) is 4. The molecule has 0 unspecified atom stereocenters. The molecule has 0 bridgehead atoms. The number of hydrogen-bond acceptors (Lipinski definition) is 12. The molecule has 7 aromatic rings. The van der Waals surface area contributed by atoms with Gasteiger partial charge in [-0.15, -0.1) is 0 Å². The van der Waals surface area contributed by atoms with Gasteiger partial charge in [-0.3, -0.25) is 19.2 Å². The van der Waals surface area contributed by atoms with Crippen LogP contribution in [0.4, 0.5) is 17.1 Å². The Morgan fingerprint density at radius 1 is 0.350 bits per heavy atom. The summed E-state index contributed by atoms with van der Waals surface area (Å²) >= 11 is 0. The normalized spacial score (nSPS) is 11.7. The van der Waals surface area contributed by atoms with Crippen molar-refractivity contribution in [2.45, 2.75) is 65.0 Å². The minimum absolute atomic E-state index is 0.0376. The van der Waals surface area contributed by atoms with Gasteiger partial charge in [0.2, 0.25) is 19.7 Å². The zero-order valence-electron chi connectivity index (χ0n) is 43.4. The molecule has 4 amide bonds. The van der Waals surface area contributed by atoms with Crippen LogP contribution < -0.4 is 21.3 Å². The quantitative estimate of drug-likeness (QED) is 0.0422. The highest BCUT2D eigenvalue weighted by Crippen LogP contribution is 2.36. The van der Waals surface area contributed by atoms with Crippen molar-refractivity contribution in [3.05, 3.63) is 207 Å². The Morgan fingerprint density at radius 3 is 1.00 bits per heavy atom. The molecule has 0 aliphatic heterocycles. The van der Waals surface area contributed by atoms with Crippen LogP contribution in [0.1, 0.15) is 134 Å². The molecule has 0 saturated carbocycles. The summed E-state index contributed by atoms with van der Waals surface area (Å²) in [6.07, 6.45) is 0. The number of carbonyl (C=O) groups excluding carboxylic acids is 4. The van der Waals surface area contributed by atoms with Gasteiger partial charge in [-0.05, 0) is 125 Å². The molecule has 8 N–H and O–H groups in total. The predicted molar refractivity (Wildman–Crippen MR) is 292 cm³/mol. The summed E-state index contributed by atoms with van der Waals surface area (Å²) in [5.41, 5.74) is -4.41. The van der Waals surface area contributed by atoms with E-state index in [4.69, 9.17) is 0 Å². The lowest BCUT2D eigenvalue weighted by Gasteiger charge is -2.28. The Morgan fingerprint density at radius 2 is 0.662 bits per heavy atom. The summed E-state index contributed by atoms with van der Waals surface area (Å²) < 4.78 is 55.7. The first-order valence-corrected chi connectivity index (χ1v) is 26.9. The Hall–Kier alpha value is -9.80. The third kappa shape index (κ3) is 12.0. The number of rotatable bonds is 17. The summed E-state index contributed by atoms with van der Waals surface area (Å²) in [5, 5.41) is 49.5. The zero-order chi connectivity index (χ0) is 58.8. The van der Waals surface area contributed by atoms with E-state index >= 15 is 0 Å². The molecule has 0 spiro atoms. The number of carbonyl (C=O) groups is 8. The van der Waals surface area contributed by atoms with Gasteiger partial charge in [0.25, 0.3) is 23.6 Å². The summed E-state index contributed by atoms with van der Waals surface area (Å²) in [6.45, 7) is 9.18. The molecule has 0 heterocycles. The number of hydrogen-bond donors (Lipinski definition) is 8. The molecule has 0 aliphatic carbocycles. The van der Waals surface area contributed by atoms with Crippen LogP contribution in [0.3, 0.4) is 0 Å². The molecular weight excluding hydrogens is 1070 g/mol. The van der Waals surface area contributed by atoms with Crippen molar-refractivity contribution in [3.8, 4) is 0 Å². The lowest BCUT2D eigenvalue weighted by Crippen LogP contribution is -2.24. The largest absolute Gasteiger partial charge is 0.478 e.